The molecule has 0 amide bonds. The predicted molar refractivity (Wildman–Crippen MR) is 105 cm³/mol. The van der Waals surface area contributed by atoms with Gasteiger partial charge >= 0.3 is 0 Å². The summed E-state index contributed by atoms with van der Waals surface area (Å²) in [5, 5.41) is 1.82. The largest absolute Gasteiger partial charge is 0.278 e. The van der Waals surface area contributed by atoms with Crippen molar-refractivity contribution in [2.75, 3.05) is 4.72 Å². The minimum Gasteiger partial charge on any atom is -0.278 e. The van der Waals surface area contributed by atoms with Crippen molar-refractivity contribution in [3.8, 4) is 0 Å². The van der Waals surface area contributed by atoms with Crippen LogP contribution in [0.4, 0.5) is 5.69 Å². The van der Waals surface area contributed by atoms with Crippen molar-refractivity contribution in [1.29, 1.82) is 0 Å². The van der Waals surface area contributed by atoms with E-state index in [0.717, 1.165) is 21.9 Å². The van der Waals surface area contributed by atoms with E-state index in [9.17, 15) is 8.42 Å². The molecule has 0 unspecified atom stereocenters. The normalized spacial score (nSPS) is 11.7. The first-order chi connectivity index (χ1) is 12.0. The van der Waals surface area contributed by atoms with Gasteiger partial charge in [0.2, 0.25) is 0 Å². The molecule has 0 aliphatic carbocycles. The minimum absolute atomic E-state index is 0.240. The molecule has 0 aliphatic rings. The fourth-order valence-corrected chi connectivity index (χ4v) is 3.73. The standard InChI is InChI=1S/C21H19NO2S/c1-3-4-7-18-13-12-17-8-5-6-9-20(17)21(18)22-25(23,24)19-14-10-16(2)11-15-19/h3-15,22H,1H2,2H3/b7-4-. The maximum atomic E-state index is 12.8. The molecular weight excluding hydrogens is 330 g/mol. The summed E-state index contributed by atoms with van der Waals surface area (Å²) in [6, 6.07) is 18.4. The van der Waals surface area contributed by atoms with Gasteiger partial charge in [-0.3, -0.25) is 4.72 Å². The summed E-state index contributed by atoms with van der Waals surface area (Å²) in [6.07, 6.45) is 5.29. The van der Waals surface area contributed by atoms with Crippen molar-refractivity contribution in [2.24, 2.45) is 0 Å². The smallest absolute Gasteiger partial charge is 0.261 e. The Balaban J connectivity index is 2.14. The Morgan fingerprint density at radius 3 is 2.40 bits per heavy atom. The Morgan fingerprint density at radius 2 is 1.68 bits per heavy atom. The van der Waals surface area contributed by atoms with Crippen LogP contribution in [0, 0.1) is 6.92 Å². The Labute approximate surface area is 148 Å². The van der Waals surface area contributed by atoms with E-state index in [4.69, 9.17) is 0 Å². The van der Waals surface area contributed by atoms with Gasteiger partial charge in [-0.2, -0.15) is 0 Å². The highest BCUT2D eigenvalue weighted by atomic mass is 32.2. The molecule has 4 heteroatoms. The average molecular weight is 349 g/mol. The summed E-state index contributed by atoms with van der Waals surface area (Å²) in [6.45, 7) is 5.60. The van der Waals surface area contributed by atoms with Gasteiger partial charge in [-0.15, -0.1) is 0 Å². The van der Waals surface area contributed by atoms with Crippen molar-refractivity contribution in [2.45, 2.75) is 11.8 Å². The van der Waals surface area contributed by atoms with Crippen LogP contribution in [-0.2, 0) is 10.0 Å². The number of anilines is 1. The molecule has 0 saturated carbocycles. The fourth-order valence-electron chi connectivity index (χ4n) is 2.62. The van der Waals surface area contributed by atoms with E-state index >= 15 is 0 Å². The molecule has 0 radical (unpaired) electrons. The molecule has 0 heterocycles. The van der Waals surface area contributed by atoms with Crippen LogP contribution >= 0.6 is 0 Å². The first-order valence-corrected chi connectivity index (χ1v) is 9.40. The van der Waals surface area contributed by atoms with Crippen LogP contribution < -0.4 is 4.72 Å². The molecule has 3 rings (SSSR count). The number of sulfonamides is 1. The molecule has 0 bridgehead atoms. The van der Waals surface area contributed by atoms with Crippen LogP contribution in [0.1, 0.15) is 11.1 Å². The van der Waals surface area contributed by atoms with Gasteiger partial charge in [-0.25, -0.2) is 8.42 Å². The molecule has 0 spiro atoms. The van der Waals surface area contributed by atoms with E-state index in [2.05, 4.69) is 11.3 Å². The molecule has 3 aromatic rings. The van der Waals surface area contributed by atoms with Crippen molar-refractivity contribution in [1.82, 2.24) is 0 Å². The Bertz CT molecular complexity index is 1050. The second-order valence-electron chi connectivity index (χ2n) is 5.76. The van der Waals surface area contributed by atoms with Gasteiger partial charge in [0.25, 0.3) is 10.0 Å². The fraction of sp³-hybridized carbons (Fsp3) is 0.0476. The van der Waals surface area contributed by atoms with Crippen molar-refractivity contribution in [3.05, 3.63) is 90.5 Å². The lowest BCUT2D eigenvalue weighted by atomic mass is 10.0. The molecule has 126 valence electrons. The predicted octanol–water partition coefficient (Wildman–Crippen LogP) is 5.15. The van der Waals surface area contributed by atoms with Gasteiger partial charge < -0.3 is 0 Å². The lowest BCUT2D eigenvalue weighted by Crippen LogP contribution is -2.14. The summed E-state index contributed by atoms with van der Waals surface area (Å²) < 4.78 is 28.4. The highest BCUT2D eigenvalue weighted by Crippen LogP contribution is 2.30. The number of allylic oxidation sites excluding steroid dienone is 2. The van der Waals surface area contributed by atoms with E-state index < -0.39 is 10.0 Å². The van der Waals surface area contributed by atoms with Crippen LogP contribution in [0.15, 0.2) is 84.3 Å². The van der Waals surface area contributed by atoms with Crippen LogP contribution in [0.3, 0.4) is 0 Å². The number of fused-ring (bicyclic) bond motifs is 1. The van der Waals surface area contributed by atoms with E-state index in [0.29, 0.717) is 5.69 Å². The van der Waals surface area contributed by atoms with Crippen molar-refractivity contribution < 1.29 is 8.42 Å². The van der Waals surface area contributed by atoms with Crippen LogP contribution in [0.25, 0.3) is 16.8 Å². The number of rotatable bonds is 5. The summed E-state index contributed by atoms with van der Waals surface area (Å²) in [5.41, 5.74) is 2.37. The third-order valence-electron chi connectivity index (χ3n) is 3.94. The van der Waals surface area contributed by atoms with Gasteiger partial charge in [0.05, 0.1) is 10.6 Å². The summed E-state index contributed by atoms with van der Waals surface area (Å²) in [7, 11) is -3.68. The maximum Gasteiger partial charge on any atom is 0.261 e. The first-order valence-electron chi connectivity index (χ1n) is 7.91. The van der Waals surface area contributed by atoms with Crippen LogP contribution in [0.2, 0.25) is 0 Å². The monoisotopic (exact) mass is 349 g/mol. The summed E-state index contributed by atoms with van der Waals surface area (Å²) in [4.78, 5) is 0.240. The third kappa shape index (κ3) is 3.64. The summed E-state index contributed by atoms with van der Waals surface area (Å²) in [5.74, 6) is 0. The van der Waals surface area contributed by atoms with Gasteiger partial charge in [0, 0.05) is 5.39 Å². The number of hydrogen-bond acceptors (Lipinski definition) is 2. The van der Waals surface area contributed by atoms with E-state index in [-0.39, 0.29) is 4.90 Å². The van der Waals surface area contributed by atoms with E-state index in [1.165, 1.54) is 0 Å². The van der Waals surface area contributed by atoms with Crippen molar-refractivity contribution in [3.63, 3.8) is 0 Å². The zero-order valence-corrected chi connectivity index (χ0v) is 14.8. The molecule has 0 fully saturated rings. The highest BCUT2D eigenvalue weighted by Gasteiger charge is 2.17. The second kappa shape index (κ2) is 6.95. The number of benzene rings is 3. The number of hydrogen-bond donors (Lipinski definition) is 1. The zero-order valence-electron chi connectivity index (χ0n) is 13.9. The third-order valence-corrected chi connectivity index (χ3v) is 5.31. The van der Waals surface area contributed by atoms with E-state index in [1.54, 1.807) is 36.4 Å². The van der Waals surface area contributed by atoms with E-state index in [1.807, 2.05) is 49.4 Å². The zero-order chi connectivity index (χ0) is 17.9. The first kappa shape index (κ1) is 17.0. The molecule has 1 N–H and O–H groups in total. The lowest BCUT2D eigenvalue weighted by Gasteiger charge is -2.14. The Morgan fingerprint density at radius 1 is 0.960 bits per heavy atom. The number of aryl methyl sites for hydroxylation is 1. The molecule has 0 aliphatic heterocycles. The number of nitrogens with one attached hydrogen (secondary N) is 1. The van der Waals surface area contributed by atoms with Crippen LogP contribution in [-0.4, -0.2) is 8.42 Å². The van der Waals surface area contributed by atoms with Crippen LogP contribution in [0.5, 0.6) is 0 Å². The molecule has 0 saturated heterocycles. The summed E-state index contributed by atoms with van der Waals surface area (Å²) >= 11 is 0. The average Bonchev–Trinajstić information content (AvgIpc) is 2.61. The molecule has 0 aromatic heterocycles. The quantitative estimate of drug-likeness (QED) is 0.648. The molecule has 3 nitrogen and oxygen atoms in total. The van der Waals surface area contributed by atoms with Gasteiger partial charge in [0.1, 0.15) is 0 Å². The Hall–Kier alpha value is -2.85. The molecule has 3 aromatic carbocycles. The van der Waals surface area contributed by atoms with Gasteiger partial charge in [0.15, 0.2) is 0 Å². The Kier molecular flexibility index (Phi) is 4.72. The van der Waals surface area contributed by atoms with Gasteiger partial charge in [-0.1, -0.05) is 78.9 Å². The van der Waals surface area contributed by atoms with Crippen molar-refractivity contribution >= 4 is 32.6 Å². The molecule has 0 atom stereocenters. The molecular formula is C21H19NO2S. The maximum absolute atomic E-state index is 12.8. The minimum atomic E-state index is -3.68. The van der Waals surface area contributed by atoms with Gasteiger partial charge in [-0.05, 0) is 30.0 Å². The molecule has 25 heavy (non-hydrogen) atoms. The highest BCUT2D eigenvalue weighted by molar-refractivity contribution is 7.92. The SMILES string of the molecule is C=C/C=C\c1ccc2ccccc2c1NS(=O)(=O)c1ccc(C)cc1. The lowest BCUT2D eigenvalue weighted by molar-refractivity contribution is 0.601. The second-order valence-corrected chi connectivity index (χ2v) is 7.45. The topological polar surface area (TPSA) is 46.2 Å².